The molecule has 0 spiro atoms. The van der Waals surface area contributed by atoms with Crippen molar-refractivity contribution in [3.63, 3.8) is 0 Å². The summed E-state index contributed by atoms with van der Waals surface area (Å²) in [5.41, 5.74) is 4.79. The molecule has 0 unspecified atom stereocenters. The van der Waals surface area contributed by atoms with Gasteiger partial charge in [-0.2, -0.15) is 0 Å². The predicted octanol–water partition coefficient (Wildman–Crippen LogP) is 6.78. The molecular formula is C40H41NO7. The summed E-state index contributed by atoms with van der Waals surface area (Å²) in [5, 5.41) is 0. The predicted molar refractivity (Wildman–Crippen MR) is 182 cm³/mol. The molecule has 3 saturated heterocycles. The van der Waals surface area contributed by atoms with Crippen molar-refractivity contribution in [2.75, 3.05) is 32.8 Å². The van der Waals surface area contributed by atoms with Gasteiger partial charge in [0.25, 0.3) is 0 Å². The fourth-order valence-corrected chi connectivity index (χ4v) is 6.54. The zero-order valence-corrected chi connectivity index (χ0v) is 27.2. The highest BCUT2D eigenvalue weighted by molar-refractivity contribution is 5.89. The third-order valence-corrected chi connectivity index (χ3v) is 9.22. The number of nitrogens with zero attached hydrogens (tertiary/aromatic N) is 1. The minimum absolute atomic E-state index is 0.0167. The number of hydrogen-bond donors (Lipinski definition) is 0. The molecule has 2 atom stereocenters. The lowest BCUT2D eigenvalue weighted by atomic mass is 9.85. The molecule has 248 valence electrons. The van der Waals surface area contributed by atoms with Crippen molar-refractivity contribution in [3.8, 4) is 11.5 Å². The van der Waals surface area contributed by atoms with E-state index < -0.39 is 5.97 Å². The first-order valence-electron chi connectivity index (χ1n) is 16.6. The standard InChI is InChI=1S/C40H41NO7/c1-28-22-30(26-42)12-15-37(28)45-20-21-46-40(44)33-13-10-29(11-14-33)27-47-35-9-5-8-34(23-35)36(31-6-3-2-4-7-31)24-39(43)48-38-25-41-18-16-32(38)17-19-41/h2-15,22-23,26,32,36,38H,16-21,24-25,27H2,1H3/t36-,38-/m0/s1. The molecule has 3 fully saturated rings. The maximum atomic E-state index is 13.3. The Morgan fingerprint density at radius 1 is 0.854 bits per heavy atom. The topological polar surface area (TPSA) is 91.4 Å². The van der Waals surface area contributed by atoms with Gasteiger partial charge in [-0.1, -0.05) is 54.6 Å². The van der Waals surface area contributed by atoms with E-state index in [0.29, 0.717) is 35.2 Å². The van der Waals surface area contributed by atoms with Crippen molar-refractivity contribution in [3.05, 3.63) is 130 Å². The second-order valence-corrected chi connectivity index (χ2v) is 12.5. The average molecular weight is 648 g/mol. The van der Waals surface area contributed by atoms with E-state index in [0.717, 1.165) is 61.0 Å². The summed E-state index contributed by atoms with van der Waals surface area (Å²) < 4.78 is 23.3. The van der Waals surface area contributed by atoms with Crippen molar-refractivity contribution in [2.45, 2.75) is 44.8 Å². The molecule has 8 nitrogen and oxygen atoms in total. The summed E-state index contributed by atoms with van der Waals surface area (Å²) in [5.74, 6) is 1.04. The van der Waals surface area contributed by atoms with Crippen molar-refractivity contribution in [2.24, 2.45) is 5.92 Å². The maximum Gasteiger partial charge on any atom is 0.338 e. The Morgan fingerprint density at radius 2 is 1.62 bits per heavy atom. The molecule has 4 aromatic rings. The van der Waals surface area contributed by atoms with E-state index in [-0.39, 0.29) is 37.6 Å². The SMILES string of the molecule is Cc1cc(C=O)ccc1OCCOC(=O)c1ccc(COc2cccc([C@@H](CC(=O)O[C@H]3CN4CCC3CC4)c3ccccc3)c2)cc1. The van der Waals surface area contributed by atoms with Crippen LogP contribution in [0.2, 0.25) is 0 Å². The molecule has 0 amide bonds. The molecule has 0 aliphatic carbocycles. The summed E-state index contributed by atoms with van der Waals surface area (Å²) in [6, 6.07) is 30.2. The molecule has 3 heterocycles. The second kappa shape index (κ2) is 15.8. The molecule has 0 saturated carbocycles. The molecule has 0 N–H and O–H groups in total. The first-order valence-corrected chi connectivity index (χ1v) is 16.6. The van der Waals surface area contributed by atoms with E-state index >= 15 is 0 Å². The van der Waals surface area contributed by atoms with Crippen LogP contribution in [-0.2, 0) is 20.9 Å². The lowest BCUT2D eigenvalue weighted by Gasteiger charge is -2.44. The van der Waals surface area contributed by atoms with Crippen LogP contribution in [0.3, 0.4) is 0 Å². The van der Waals surface area contributed by atoms with Crippen molar-refractivity contribution >= 4 is 18.2 Å². The minimum Gasteiger partial charge on any atom is -0.490 e. The molecular weight excluding hydrogens is 606 g/mol. The number of piperidine rings is 3. The first-order chi connectivity index (χ1) is 23.4. The third-order valence-electron chi connectivity index (χ3n) is 9.22. The Labute approximate surface area is 281 Å². The highest BCUT2D eigenvalue weighted by Crippen LogP contribution is 2.33. The van der Waals surface area contributed by atoms with Crippen LogP contribution >= 0.6 is 0 Å². The maximum absolute atomic E-state index is 13.3. The Bertz CT molecular complexity index is 1700. The Hall–Kier alpha value is -4.95. The molecule has 48 heavy (non-hydrogen) atoms. The van der Waals surface area contributed by atoms with Gasteiger partial charge in [0.15, 0.2) is 0 Å². The fraction of sp³-hybridized carbons (Fsp3) is 0.325. The monoisotopic (exact) mass is 647 g/mol. The van der Waals surface area contributed by atoms with E-state index in [9.17, 15) is 14.4 Å². The van der Waals surface area contributed by atoms with Gasteiger partial charge in [-0.05, 0) is 103 Å². The summed E-state index contributed by atoms with van der Waals surface area (Å²) in [7, 11) is 0. The van der Waals surface area contributed by atoms with E-state index in [1.165, 1.54) is 0 Å². The number of rotatable bonds is 14. The van der Waals surface area contributed by atoms with E-state index in [1.54, 1.807) is 30.3 Å². The van der Waals surface area contributed by atoms with Crippen LogP contribution in [0.15, 0.2) is 97.1 Å². The molecule has 7 rings (SSSR count). The molecule has 3 aliphatic rings. The first kappa shape index (κ1) is 33.0. The van der Waals surface area contributed by atoms with E-state index in [1.807, 2.05) is 61.5 Å². The number of ether oxygens (including phenoxy) is 4. The molecule has 2 bridgehead atoms. The van der Waals surface area contributed by atoms with Gasteiger partial charge in [0, 0.05) is 18.0 Å². The Balaban J connectivity index is 1.02. The number of hydrogen-bond acceptors (Lipinski definition) is 8. The van der Waals surface area contributed by atoms with Crippen LogP contribution in [0.5, 0.6) is 11.5 Å². The zero-order chi connectivity index (χ0) is 33.3. The van der Waals surface area contributed by atoms with Crippen LogP contribution in [0.25, 0.3) is 0 Å². The molecule has 0 aromatic heterocycles. The van der Waals surface area contributed by atoms with Gasteiger partial charge in [-0.25, -0.2) is 4.79 Å². The molecule has 8 heteroatoms. The van der Waals surface area contributed by atoms with Gasteiger partial charge in [0.1, 0.15) is 43.7 Å². The number of fused-ring (bicyclic) bond motifs is 3. The molecule has 3 aliphatic heterocycles. The van der Waals surface area contributed by atoms with Crippen molar-refractivity contribution in [1.29, 1.82) is 0 Å². The quantitative estimate of drug-likeness (QED) is 0.0841. The lowest BCUT2D eigenvalue weighted by Crippen LogP contribution is -2.52. The Kier molecular flexibility index (Phi) is 10.8. The van der Waals surface area contributed by atoms with Gasteiger partial charge in [-0.15, -0.1) is 0 Å². The van der Waals surface area contributed by atoms with Gasteiger partial charge in [0.2, 0.25) is 0 Å². The van der Waals surface area contributed by atoms with Crippen LogP contribution in [0.1, 0.15) is 68.2 Å². The highest BCUT2D eigenvalue weighted by Gasteiger charge is 2.36. The van der Waals surface area contributed by atoms with E-state index in [2.05, 4.69) is 17.0 Å². The number of esters is 2. The smallest absolute Gasteiger partial charge is 0.338 e. The number of aryl methyl sites for hydroxylation is 1. The van der Waals surface area contributed by atoms with Gasteiger partial charge in [0.05, 0.1) is 12.0 Å². The van der Waals surface area contributed by atoms with Crippen molar-refractivity contribution < 1.29 is 33.3 Å². The van der Waals surface area contributed by atoms with Crippen LogP contribution in [0.4, 0.5) is 0 Å². The number of benzene rings is 4. The van der Waals surface area contributed by atoms with E-state index in [4.69, 9.17) is 18.9 Å². The zero-order valence-electron chi connectivity index (χ0n) is 27.2. The highest BCUT2D eigenvalue weighted by atomic mass is 16.6. The van der Waals surface area contributed by atoms with Gasteiger partial charge < -0.3 is 18.9 Å². The largest absolute Gasteiger partial charge is 0.490 e. The normalized spacial score (nSPS) is 18.8. The van der Waals surface area contributed by atoms with Crippen molar-refractivity contribution in [1.82, 2.24) is 4.90 Å². The number of aldehydes is 1. The summed E-state index contributed by atoms with van der Waals surface area (Å²) in [6.07, 6.45) is 3.23. The van der Waals surface area contributed by atoms with Crippen LogP contribution in [-0.4, -0.2) is 62.1 Å². The van der Waals surface area contributed by atoms with Crippen LogP contribution in [0, 0.1) is 12.8 Å². The minimum atomic E-state index is -0.439. The second-order valence-electron chi connectivity index (χ2n) is 12.5. The third kappa shape index (κ3) is 8.49. The van der Waals surface area contributed by atoms with Gasteiger partial charge >= 0.3 is 11.9 Å². The molecule has 0 radical (unpaired) electrons. The number of carbonyl (C=O) groups excluding carboxylic acids is 3. The summed E-state index contributed by atoms with van der Waals surface area (Å²) in [6.45, 7) is 5.51. The Morgan fingerprint density at radius 3 is 2.33 bits per heavy atom. The van der Waals surface area contributed by atoms with Crippen LogP contribution < -0.4 is 9.47 Å². The van der Waals surface area contributed by atoms with Gasteiger partial charge in [-0.3, -0.25) is 14.5 Å². The summed E-state index contributed by atoms with van der Waals surface area (Å²) >= 11 is 0. The fourth-order valence-electron chi connectivity index (χ4n) is 6.54. The molecule has 4 aromatic carbocycles. The lowest BCUT2D eigenvalue weighted by molar-refractivity contribution is -0.159. The summed E-state index contributed by atoms with van der Waals surface area (Å²) in [4.78, 5) is 39.1. The average Bonchev–Trinajstić information content (AvgIpc) is 3.13. The number of carbonyl (C=O) groups is 3.